The van der Waals surface area contributed by atoms with Gasteiger partial charge in [-0.25, -0.2) is 4.79 Å². The third-order valence-electron chi connectivity index (χ3n) is 4.77. The van der Waals surface area contributed by atoms with Gasteiger partial charge < -0.3 is 15.0 Å². The third-order valence-corrected chi connectivity index (χ3v) is 4.77. The smallest absolute Gasteiger partial charge is 0.318 e. The maximum Gasteiger partial charge on any atom is 0.318 e. The number of aromatic nitrogens is 2. The fourth-order valence-corrected chi connectivity index (χ4v) is 3.04. The Bertz CT molecular complexity index is 712. The van der Waals surface area contributed by atoms with E-state index in [1.54, 1.807) is 12.0 Å². The van der Waals surface area contributed by atoms with Crippen molar-refractivity contribution in [1.82, 2.24) is 20.0 Å². The van der Waals surface area contributed by atoms with Crippen LogP contribution in [0.5, 0.6) is 0 Å². The van der Waals surface area contributed by atoms with Crippen molar-refractivity contribution in [2.24, 2.45) is 7.05 Å². The van der Waals surface area contributed by atoms with Crippen molar-refractivity contribution >= 4 is 6.03 Å². The molecule has 1 aromatic carbocycles. The Morgan fingerprint density at radius 3 is 2.54 bits per heavy atom. The van der Waals surface area contributed by atoms with Crippen molar-refractivity contribution in [3.8, 4) is 0 Å². The quantitative estimate of drug-likeness (QED) is 0.787. The number of carbonyl (C=O) groups is 1. The summed E-state index contributed by atoms with van der Waals surface area (Å²) in [5, 5.41) is 7.62. The number of benzene rings is 1. The van der Waals surface area contributed by atoms with E-state index in [1.807, 2.05) is 55.9 Å². The number of hydrogen-bond acceptors (Lipinski definition) is 3. The number of hydrogen-bond donors (Lipinski definition) is 1. The van der Waals surface area contributed by atoms with Gasteiger partial charge >= 0.3 is 6.03 Å². The van der Waals surface area contributed by atoms with Crippen LogP contribution in [0.15, 0.2) is 30.3 Å². The molecule has 6 heteroatoms. The van der Waals surface area contributed by atoms with Crippen LogP contribution >= 0.6 is 0 Å². The van der Waals surface area contributed by atoms with E-state index in [0.717, 1.165) is 28.9 Å². The topological polar surface area (TPSA) is 59.4 Å². The lowest BCUT2D eigenvalue weighted by molar-refractivity contribution is 0.144. The molecule has 2 aromatic rings. The van der Waals surface area contributed by atoms with E-state index >= 15 is 0 Å². The molecule has 1 heterocycles. The highest BCUT2D eigenvalue weighted by Gasteiger charge is 2.21. The van der Waals surface area contributed by atoms with E-state index in [1.165, 1.54) is 0 Å². The summed E-state index contributed by atoms with van der Waals surface area (Å²) in [5.74, 6) is 0. The van der Waals surface area contributed by atoms with Crippen molar-refractivity contribution in [3.05, 3.63) is 52.8 Å². The summed E-state index contributed by atoms with van der Waals surface area (Å²) in [6.07, 6.45) is 0.832. The van der Waals surface area contributed by atoms with Gasteiger partial charge in [0.2, 0.25) is 0 Å². The fraction of sp³-hybridized carbons (Fsp3) is 0.500. The minimum absolute atomic E-state index is 0.00941. The van der Waals surface area contributed by atoms with Crippen molar-refractivity contribution in [3.63, 3.8) is 0 Å². The first-order chi connectivity index (χ1) is 12.5. The predicted octanol–water partition coefficient (Wildman–Crippen LogP) is 3.35. The molecule has 0 aliphatic carbocycles. The molecular formula is C20H30N4O2. The van der Waals surface area contributed by atoms with Crippen molar-refractivity contribution in [2.75, 3.05) is 20.3 Å². The van der Waals surface area contributed by atoms with Crippen LogP contribution < -0.4 is 5.32 Å². The molecule has 0 unspecified atom stereocenters. The van der Waals surface area contributed by atoms with E-state index < -0.39 is 0 Å². The van der Waals surface area contributed by atoms with Gasteiger partial charge in [-0.1, -0.05) is 37.3 Å². The molecule has 1 aromatic heterocycles. The molecule has 2 amide bonds. The first-order valence-corrected chi connectivity index (χ1v) is 9.06. The summed E-state index contributed by atoms with van der Waals surface area (Å²) < 4.78 is 7.06. The minimum atomic E-state index is -0.0830. The number of aryl methyl sites for hydroxylation is 2. The Hall–Kier alpha value is -2.34. The van der Waals surface area contributed by atoms with Crippen LogP contribution in [0.2, 0.25) is 0 Å². The number of urea groups is 1. The monoisotopic (exact) mass is 358 g/mol. The third kappa shape index (κ3) is 4.85. The van der Waals surface area contributed by atoms with E-state index in [-0.39, 0.29) is 12.1 Å². The zero-order valence-corrected chi connectivity index (χ0v) is 16.5. The van der Waals surface area contributed by atoms with Gasteiger partial charge in [0, 0.05) is 32.0 Å². The molecule has 1 N–H and O–H groups in total. The molecule has 2 rings (SSSR count). The molecule has 0 saturated heterocycles. The van der Waals surface area contributed by atoms with Gasteiger partial charge in [0.1, 0.15) is 0 Å². The minimum Gasteiger partial charge on any atom is -0.383 e. The highest BCUT2D eigenvalue weighted by Crippen LogP contribution is 2.18. The SMILES string of the molecule is CC[C@H](NC(=O)N(CCOC)Cc1c(C)nn(C)c1C)c1ccccc1. The molecule has 26 heavy (non-hydrogen) atoms. The Labute approximate surface area is 156 Å². The first-order valence-electron chi connectivity index (χ1n) is 9.06. The molecule has 0 aliphatic rings. The Morgan fingerprint density at radius 1 is 1.31 bits per heavy atom. The second kappa shape index (κ2) is 9.38. The summed E-state index contributed by atoms with van der Waals surface area (Å²) in [4.78, 5) is 14.8. The molecular weight excluding hydrogens is 328 g/mol. The second-order valence-electron chi connectivity index (χ2n) is 6.51. The van der Waals surface area contributed by atoms with Gasteiger partial charge in [0.15, 0.2) is 0 Å². The summed E-state index contributed by atoms with van der Waals surface area (Å²) in [7, 11) is 3.57. The molecule has 0 fully saturated rings. The fourth-order valence-electron chi connectivity index (χ4n) is 3.04. The van der Waals surface area contributed by atoms with Crippen LogP contribution in [0.4, 0.5) is 4.79 Å². The predicted molar refractivity (Wildman–Crippen MR) is 103 cm³/mol. The van der Waals surface area contributed by atoms with Gasteiger partial charge in [-0.2, -0.15) is 5.10 Å². The summed E-state index contributed by atoms with van der Waals surface area (Å²) in [5.41, 5.74) is 4.23. The number of ether oxygens (including phenoxy) is 1. The molecule has 0 saturated carbocycles. The van der Waals surface area contributed by atoms with E-state index in [0.29, 0.717) is 19.7 Å². The zero-order chi connectivity index (χ0) is 19.1. The van der Waals surface area contributed by atoms with Crippen LogP contribution in [0, 0.1) is 13.8 Å². The second-order valence-corrected chi connectivity index (χ2v) is 6.51. The Balaban J connectivity index is 2.15. The maximum atomic E-state index is 13.0. The number of nitrogens with one attached hydrogen (secondary N) is 1. The molecule has 0 aliphatic heterocycles. The lowest BCUT2D eigenvalue weighted by Gasteiger charge is -2.26. The Kier molecular flexibility index (Phi) is 7.21. The first kappa shape index (κ1) is 20.0. The van der Waals surface area contributed by atoms with E-state index in [2.05, 4.69) is 17.3 Å². The number of nitrogens with zero attached hydrogens (tertiary/aromatic N) is 3. The number of rotatable bonds is 8. The van der Waals surface area contributed by atoms with E-state index in [9.17, 15) is 4.79 Å². The van der Waals surface area contributed by atoms with Crippen LogP contribution in [0.25, 0.3) is 0 Å². The number of amides is 2. The molecule has 6 nitrogen and oxygen atoms in total. The standard InChI is InChI=1S/C20H30N4O2/c1-6-19(17-10-8-7-9-11-17)21-20(25)24(12-13-26-5)14-18-15(2)22-23(4)16(18)3/h7-11,19H,6,12-14H2,1-5H3,(H,21,25)/t19-/m0/s1. The van der Waals surface area contributed by atoms with Crippen LogP contribution in [-0.4, -0.2) is 41.0 Å². The molecule has 0 bridgehead atoms. The van der Waals surface area contributed by atoms with Crippen molar-refractivity contribution in [1.29, 1.82) is 0 Å². The molecule has 142 valence electrons. The normalized spacial score (nSPS) is 12.0. The van der Waals surface area contributed by atoms with Gasteiger partial charge in [-0.15, -0.1) is 0 Å². The van der Waals surface area contributed by atoms with Crippen LogP contribution in [0.1, 0.15) is 41.9 Å². The highest BCUT2D eigenvalue weighted by atomic mass is 16.5. The highest BCUT2D eigenvalue weighted by molar-refractivity contribution is 5.74. The largest absolute Gasteiger partial charge is 0.383 e. The van der Waals surface area contributed by atoms with Crippen molar-refractivity contribution < 1.29 is 9.53 Å². The summed E-state index contributed by atoms with van der Waals surface area (Å²) >= 11 is 0. The van der Waals surface area contributed by atoms with Gasteiger partial charge in [0.05, 0.1) is 24.9 Å². The summed E-state index contributed by atoms with van der Waals surface area (Å²) in [6, 6.07) is 9.97. The lowest BCUT2D eigenvalue weighted by Crippen LogP contribution is -2.42. The average Bonchev–Trinajstić information content (AvgIpc) is 2.89. The molecule has 0 radical (unpaired) electrons. The van der Waals surface area contributed by atoms with Gasteiger partial charge in [0.25, 0.3) is 0 Å². The average molecular weight is 358 g/mol. The molecule has 1 atom stereocenters. The zero-order valence-electron chi connectivity index (χ0n) is 16.5. The molecule has 0 spiro atoms. The maximum absolute atomic E-state index is 13.0. The summed E-state index contributed by atoms with van der Waals surface area (Å²) in [6.45, 7) is 7.63. The Morgan fingerprint density at radius 2 is 2.00 bits per heavy atom. The van der Waals surface area contributed by atoms with Crippen LogP contribution in [0.3, 0.4) is 0 Å². The van der Waals surface area contributed by atoms with Crippen LogP contribution in [-0.2, 0) is 18.3 Å². The van der Waals surface area contributed by atoms with E-state index in [4.69, 9.17) is 4.74 Å². The van der Waals surface area contributed by atoms with Crippen molar-refractivity contribution in [2.45, 2.75) is 39.8 Å². The van der Waals surface area contributed by atoms with Gasteiger partial charge in [-0.3, -0.25) is 4.68 Å². The lowest BCUT2D eigenvalue weighted by atomic mass is 10.1. The number of carbonyl (C=O) groups excluding carboxylic acids is 1. The number of methoxy groups -OCH3 is 1. The van der Waals surface area contributed by atoms with Gasteiger partial charge in [-0.05, 0) is 25.8 Å².